The first-order valence-electron chi connectivity index (χ1n) is 11.5. The number of hydrogen-bond donors (Lipinski definition) is 2. The Morgan fingerprint density at radius 2 is 1.67 bits per heavy atom. The molecule has 3 atom stereocenters. The van der Waals surface area contributed by atoms with Crippen LogP contribution in [0.5, 0.6) is 5.75 Å². The van der Waals surface area contributed by atoms with Crippen molar-refractivity contribution in [2.75, 3.05) is 19.9 Å². The SMILES string of the molecule is O=C(O)[C@H](Cc1ccc(OCc2c(Cl)cccc2Cl)cc1)NC(=O)[C@@H]1OCO[C@H]1C(=O)N1CCCC1. The highest BCUT2D eigenvalue weighted by molar-refractivity contribution is 6.35. The molecular weight excluding hydrogens is 511 g/mol. The summed E-state index contributed by atoms with van der Waals surface area (Å²) in [5.41, 5.74) is 1.33. The Bertz CT molecular complexity index is 1090. The predicted octanol–water partition coefficient (Wildman–Crippen LogP) is 3.05. The molecule has 9 nitrogen and oxygen atoms in total. The van der Waals surface area contributed by atoms with E-state index in [9.17, 15) is 19.5 Å². The van der Waals surface area contributed by atoms with Crippen LogP contribution < -0.4 is 10.1 Å². The molecule has 0 aliphatic carbocycles. The van der Waals surface area contributed by atoms with Gasteiger partial charge in [-0.1, -0.05) is 41.4 Å². The van der Waals surface area contributed by atoms with E-state index in [0.29, 0.717) is 40.0 Å². The number of benzene rings is 2. The maximum absolute atomic E-state index is 12.8. The van der Waals surface area contributed by atoms with Crippen LogP contribution in [-0.2, 0) is 36.9 Å². The molecule has 2 fully saturated rings. The molecular formula is C25H26Cl2N2O7. The van der Waals surface area contributed by atoms with Crippen molar-refractivity contribution in [1.29, 1.82) is 0 Å². The number of hydrogen-bond acceptors (Lipinski definition) is 6. The Hall–Kier alpha value is -2.85. The molecule has 0 aromatic heterocycles. The average Bonchev–Trinajstić information content (AvgIpc) is 3.56. The van der Waals surface area contributed by atoms with Gasteiger partial charge < -0.3 is 29.5 Å². The molecule has 2 amide bonds. The number of carboxylic acids is 1. The van der Waals surface area contributed by atoms with E-state index in [1.807, 2.05) is 0 Å². The van der Waals surface area contributed by atoms with Crippen LogP contribution in [-0.4, -0.2) is 65.9 Å². The second-order valence-electron chi connectivity index (χ2n) is 8.56. The van der Waals surface area contributed by atoms with Gasteiger partial charge in [-0.2, -0.15) is 0 Å². The zero-order valence-electron chi connectivity index (χ0n) is 19.3. The first-order valence-corrected chi connectivity index (χ1v) is 12.3. The molecule has 0 saturated carbocycles. The number of halogens is 2. The first-order chi connectivity index (χ1) is 17.3. The van der Waals surface area contributed by atoms with Gasteiger partial charge in [0.05, 0.1) is 0 Å². The van der Waals surface area contributed by atoms with Crippen molar-refractivity contribution in [3.63, 3.8) is 0 Å². The normalized spacial score (nSPS) is 20.2. The van der Waals surface area contributed by atoms with Gasteiger partial charge in [0.2, 0.25) is 0 Å². The topological polar surface area (TPSA) is 114 Å². The minimum absolute atomic E-state index is 0.0238. The van der Waals surface area contributed by atoms with Gasteiger partial charge >= 0.3 is 5.97 Å². The van der Waals surface area contributed by atoms with Gasteiger partial charge in [-0.05, 0) is 42.7 Å². The smallest absolute Gasteiger partial charge is 0.326 e. The van der Waals surface area contributed by atoms with E-state index >= 15 is 0 Å². The molecule has 2 aliphatic heterocycles. The molecule has 2 aliphatic rings. The van der Waals surface area contributed by atoms with Crippen LogP contribution in [0.15, 0.2) is 42.5 Å². The molecule has 0 unspecified atom stereocenters. The van der Waals surface area contributed by atoms with E-state index < -0.39 is 30.1 Å². The van der Waals surface area contributed by atoms with Crippen molar-refractivity contribution in [2.45, 2.75) is 44.1 Å². The van der Waals surface area contributed by atoms with Crippen molar-refractivity contribution in [3.8, 4) is 5.75 Å². The summed E-state index contributed by atoms with van der Waals surface area (Å²) in [6.45, 7) is 1.18. The number of ether oxygens (including phenoxy) is 3. The van der Waals surface area contributed by atoms with Crippen molar-refractivity contribution >= 4 is 41.0 Å². The first kappa shape index (κ1) is 26.2. The number of nitrogens with zero attached hydrogens (tertiary/aromatic N) is 1. The monoisotopic (exact) mass is 536 g/mol. The van der Waals surface area contributed by atoms with E-state index in [0.717, 1.165) is 12.8 Å². The zero-order chi connectivity index (χ0) is 25.7. The van der Waals surface area contributed by atoms with Crippen molar-refractivity contribution < 1.29 is 33.7 Å². The van der Waals surface area contributed by atoms with Crippen LogP contribution >= 0.6 is 23.2 Å². The van der Waals surface area contributed by atoms with Gasteiger partial charge in [-0.3, -0.25) is 9.59 Å². The van der Waals surface area contributed by atoms with Crippen LogP contribution in [0.4, 0.5) is 0 Å². The fourth-order valence-corrected chi connectivity index (χ4v) is 4.64. The van der Waals surface area contributed by atoms with E-state index in [2.05, 4.69) is 5.32 Å². The minimum atomic E-state index is -1.22. The van der Waals surface area contributed by atoms with Crippen LogP contribution in [0.25, 0.3) is 0 Å². The molecule has 2 aromatic rings. The van der Waals surface area contributed by atoms with Crippen LogP contribution in [0, 0.1) is 0 Å². The van der Waals surface area contributed by atoms with Gasteiger partial charge in [0, 0.05) is 35.1 Å². The minimum Gasteiger partial charge on any atom is -0.489 e. The Labute approximate surface area is 218 Å². The van der Waals surface area contributed by atoms with Crippen LogP contribution in [0.3, 0.4) is 0 Å². The lowest BCUT2D eigenvalue weighted by atomic mass is 10.0. The summed E-state index contributed by atoms with van der Waals surface area (Å²) in [4.78, 5) is 39.0. The number of nitrogens with one attached hydrogen (secondary N) is 1. The Morgan fingerprint density at radius 3 is 2.31 bits per heavy atom. The second-order valence-corrected chi connectivity index (χ2v) is 9.38. The molecule has 11 heteroatoms. The van der Waals surface area contributed by atoms with E-state index in [-0.39, 0.29) is 25.7 Å². The maximum Gasteiger partial charge on any atom is 0.326 e. The highest BCUT2D eigenvalue weighted by atomic mass is 35.5. The standard InChI is InChI=1S/C25H26Cl2N2O7/c26-18-4-3-5-19(27)17(18)13-34-16-8-6-15(7-9-16)12-20(25(32)33)28-23(30)21-22(36-14-35-21)24(31)29-10-1-2-11-29/h3-9,20-22H,1-2,10-14H2,(H,28,30)(H,32,33)/t20-,21+,22+/m0/s1. The highest BCUT2D eigenvalue weighted by Gasteiger charge is 2.43. The van der Waals surface area contributed by atoms with Crippen molar-refractivity contribution in [3.05, 3.63) is 63.6 Å². The summed E-state index contributed by atoms with van der Waals surface area (Å²) in [5.74, 6) is -1.68. The number of carbonyl (C=O) groups excluding carboxylic acids is 2. The largest absolute Gasteiger partial charge is 0.489 e. The van der Waals surface area contributed by atoms with Crippen molar-refractivity contribution in [1.82, 2.24) is 10.2 Å². The summed E-state index contributed by atoms with van der Waals surface area (Å²) in [6.07, 6.45) is -0.465. The molecule has 2 saturated heterocycles. The molecule has 0 bridgehead atoms. The zero-order valence-corrected chi connectivity index (χ0v) is 20.8. The van der Waals surface area contributed by atoms with E-state index in [4.69, 9.17) is 37.4 Å². The third kappa shape index (κ3) is 6.28. The fourth-order valence-electron chi connectivity index (χ4n) is 4.13. The Morgan fingerprint density at radius 1 is 1.03 bits per heavy atom. The molecule has 0 spiro atoms. The van der Waals surface area contributed by atoms with Crippen molar-refractivity contribution in [2.24, 2.45) is 0 Å². The number of rotatable bonds is 9. The highest BCUT2D eigenvalue weighted by Crippen LogP contribution is 2.26. The fraction of sp³-hybridized carbons (Fsp3) is 0.400. The number of carbonyl (C=O) groups is 3. The second kappa shape index (κ2) is 11.9. The van der Waals surface area contributed by atoms with Gasteiger partial charge in [-0.25, -0.2) is 4.79 Å². The summed E-state index contributed by atoms with van der Waals surface area (Å²) < 4.78 is 16.4. The number of carboxylic acid groups (broad SMARTS) is 1. The molecule has 4 rings (SSSR count). The lowest BCUT2D eigenvalue weighted by Gasteiger charge is -2.23. The molecule has 0 radical (unpaired) electrons. The average molecular weight is 537 g/mol. The third-order valence-corrected chi connectivity index (χ3v) is 6.82. The number of likely N-dealkylation sites (tertiary alicyclic amines) is 1. The van der Waals surface area contributed by atoms with Gasteiger partial charge in [0.25, 0.3) is 11.8 Å². The van der Waals surface area contributed by atoms with E-state index in [1.165, 1.54) is 0 Å². The molecule has 2 aromatic carbocycles. The summed E-state index contributed by atoms with van der Waals surface area (Å²) in [7, 11) is 0. The summed E-state index contributed by atoms with van der Waals surface area (Å²) in [6, 6.07) is 10.8. The quantitative estimate of drug-likeness (QED) is 0.506. The maximum atomic E-state index is 12.8. The molecule has 36 heavy (non-hydrogen) atoms. The number of aliphatic carboxylic acids is 1. The van der Waals surface area contributed by atoms with Crippen LogP contribution in [0.1, 0.15) is 24.0 Å². The third-order valence-electron chi connectivity index (χ3n) is 6.11. The van der Waals surface area contributed by atoms with Gasteiger partial charge in [0.1, 0.15) is 25.2 Å². The van der Waals surface area contributed by atoms with Crippen LogP contribution in [0.2, 0.25) is 10.0 Å². The molecule has 192 valence electrons. The van der Waals surface area contributed by atoms with E-state index in [1.54, 1.807) is 47.4 Å². The predicted molar refractivity (Wildman–Crippen MR) is 131 cm³/mol. The van der Waals surface area contributed by atoms with Gasteiger partial charge in [-0.15, -0.1) is 0 Å². The van der Waals surface area contributed by atoms with Gasteiger partial charge in [0.15, 0.2) is 12.2 Å². The molecule has 2 heterocycles. The summed E-state index contributed by atoms with van der Waals surface area (Å²) in [5, 5.41) is 13.2. The Balaban J connectivity index is 1.34. The summed E-state index contributed by atoms with van der Waals surface area (Å²) >= 11 is 12.3. The lowest BCUT2D eigenvalue weighted by Crippen LogP contribution is -2.52. The lowest BCUT2D eigenvalue weighted by molar-refractivity contribution is -0.146. The molecule has 2 N–H and O–H groups in total. The Kier molecular flexibility index (Phi) is 8.68. The number of amides is 2.